The first-order valence-corrected chi connectivity index (χ1v) is 8.87. The summed E-state index contributed by atoms with van der Waals surface area (Å²) in [7, 11) is 0. The fourth-order valence-electron chi connectivity index (χ4n) is 2.78. The van der Waals surface area contributed by atoms with Gasteiger partial charge in [0.2, 0.25) is 0 Å². The van der Waals surface area contributed by atoms with Crippen LogP contribution in [0.4, 0.5) is 0 Å². The van der Waals surface area contributed by atoms with Crippen LogP contribution in [0.5, 0.6) is 0 Å². The Balaban J connectivity index is 1.83. The number of aryl methyl sites for hydroxylation is 1. The largest absolute Gasteiger partial charge is 0.465 e. The molecule has 0 bridgehead atoms. The summed E-state index contributed by atoms with van der Waals surface area (Å²) in [5.74, 6) is 0.542. The molecule has 25 heavy (non-hydrogen) atoms. The molecule has 0 radical (unpaired) electrons. The number of esters is 1. The van der Waals surface area contributed by atoms with Crippen molar-refractivity contribution in [3.05, 3.63) is 54.4 Å². The molecule has 4 rings (SSSR count). The van der Waals surface area contributed by atoms with Gasteiger partial charge < -0.3 is 4.74 Å². The Morgan fingerprint density at radius 3 is 2.68 bits per heavy atom. The highest BCUT2D eigenvalue weighted by atomic mass is 32.2. The van der Waals surface area contributed by atoms with E-state index in [1.807, 2.05) is 47.9 Å². The highest BCUT2D eigenvalue weighted by molar-refractivity contribution is 8.00. The molecule has 0 unspecified atom stereocenters. The Bertz CT molecular complexity index is 910. The predicted octanol–water partition coefficient (Wildman–Crippen LogP) is 3.05. The molecule has 1 aromatic carbocycles. The van der Waals surface area contributed by atoms with Gasteiger partial charge in [-0.05, 0) is 30.7 Å². The monoisotopic (exact) mass is 352 g/mol. The van der Waals surface area contributed by atoms with Gasteiger partial charge >= 0.3 is 5.97 Å². The first-order chi connectivity index (χ1) is 12.2. The maximum Gasteiger partial charge on any atom is 0.319 e. The molecular formula is C18H16N4O2S. The van der Waals surface area contributed by atoms with Gasteiger partial charge in [-0.15, -0.1) is 10.2 Å². The third-order valence-corrected chi connectivity index (χ3v) is 5.25. The van der Waals surface area contributed by atoms with Gasteiger partial charge in [-0.1, -0.05) is 30.0 Å². The molecular weight excluding hydrogens is 336 g/mol. The summed E-state index contributed by atoms with van der Waals surface area (Å²) >= 11 is 1.40. The molecule has 0 saturated carbocycles. The molecule has 1 atom stereocenters. The van der Waals surface area contributed by atoms with Crippen LogP contribution in [0.15, 0.2) is 53.9 Å². The molecule has 0 aliphatic carbocycles. The van der Waals surface area contributed by atoms with Crippen molar-refractivity contribution in [1.82, 2.24) is 19.7 Å². The van der Waals surface area contributed by atoms with E-state index in [1.165, 1.54) is 11.8 Å². The van der Waals surface area contributed by atoms with Gasteiger partial charge in [-0.25, -0.2) is 0 Å². The summed E-state index contributed by atoms with van der Waals surface area (Å²) in [6.07, 6.45) is 4.15. The minimum absolute atomic E-state index is 0.185. The van der Waals surface area contributed by atoms with Crippen LogP contribution in [0.3, 0.4) is 0 Å². The molecule has 3 aromatic rings. The standard InChI is InChI=1S/C18H16N4O2S/c1-12-4-2-3-5-14(12)22-16(13-6-9-19-10-7-13)20-21-18(22)25-15-8-11-24-17(15)23/h2-7,9-10,15H,8,11H2,1H3/t15-/m0/s1. The minimum Gasteiger partial charge on any atom is -0.465 e. The van der Waals surface area contributed by atoms with E-state index < -0.39 is 0 Å². The molecule has 3 heterocycles. The smallest absolute Gasteiger partial charge is 0.319 e. The van der Waals surface area contributed by atoms with E-state index in [0.717, 1.165) is 22.6 Å². The number of carbonyl (C=O) groups is 1. The number of benzene rings is 1. The van der Waals surface area contributed by atoms with Crippen molar-refractivity contribution >= 4 is 17.7 Å². The second-order valence-corrected chi connectivity index (χ2v) is 6.90. The molecule has 0 spiro atoms. The van der Waals surface area contributed by atoms with E-state index in [4.69, 9.17) is 4.74 Å². The zero-order chi connectivity index (χ0) is 17.2. The van der Waals surface area contributed by atoms with Gasteiger partial charge in [0, 0.05) is 24.4 Å². The molecule has 1 saturated heterocycles. The minimum atomic E-state index is -0.239. The zero-order valence-corrected chi connectivity index (χ0v) is 14.4. The second kappa shape index (κ2) is 6.68. The second-order valence-electron chi connectivity index (χ2n) is 5.73. The normalized spacial score (nSPS) is 16.8. The number of nitrogens with zero attached hydrogens (tertiary/aromatic N) is 4. The van der Waals surface area contributed by atoms with Crippen LogP contribution in [-0.2, 0) is 9.53 Å². The maximum absolute atomic E-state index is 11.9. The summed E-state index contributed by atoms with van der Waals surface area (Å²) in [5.41, 5.74) is 3.02. The lowest BCUT2D eigenvalue weighted by atomic mass is 10.2. The van der Waals surface area contributed by atoms with Crippen molar-refractivity contribution in [1.29, 1.82) is 0 Å². The Morgan fingerprint density at radius 2 is 1.96 bits per heavy atom. The van der Waals surface area contributed by atoms with Crippen molar-refractivity contribution in [2.75, 3.05) is 6.61 Å². The number of carbonyl (C=O) groups excluding carboxylic acids is 1. The molecule has 7 heteroatoms. The number of aromatic nitrogens is 4. The van der Waals surface area contributed by atoms with Crippen molar-refractivity contribution in [2.45, 2.75) is 23.8 Å². The average Bonchev–Trinajstić information content (AvgIpc) is 3.23. The van der Waals surface area contributed by atoms with Crippen LogP contribution in [0.25, 0.3) is 17.1 Å². The third kappa shape index (κ3) is 3.02. The van der Waals surface area contributed by atoms with Gasteiger partial charge in [0.15, 0.2) is 11.0 Å². The lowest BCUT2D eigenvalue weighted by molar-refractivity contribution is -0.137. The molecule has 1 fully saturated rings. The number of hydrogen-bond acceptors (Lipinski definition) is 6. The first-order valence-electron chi connectivity index (χ1n) is 7.99. The number of para-hydroxylation sites is 1. The first kappa shape index (κ1) is 15.8. The van der Waals surface area contributed by atoms with Gasteiger partial charge in [-0.3, -0.25) is 14.3 Å². The van der Waals surface area contributed by atoms with Crippen LogP contribution in [-0.4, -0.2) is 37.6 Å². The zero-order valence-electron chi connectivity index (χ0n) is 13.6. The van der Waals surface area contributed by atoms with Crippen molar-refractivity contribution in [3.8, 4) is 17.1 Å². The maximum atomic E-state index is 11.9. The highest BCUT2D eigenvalue weighted by Gasteiger charge is 2.30. The van der Waals surface area contributed by atoms with Crippen molar-refractivity contribution < 1.29 is 9.53 Å². The van der Waals surface area contributed by atoms with Crippen molar-refractivity contribution in [2.24, 2.45) is 0 Å². The van der Waals surface area contributed by atoms with Crippen molar-refractivity contribution in [3.63, 3.8) is 0 Å². The molecule has 126 valence electrons. The molecule has 0 N–H and O–H groups in total. The number of hydrogen-bond donors (Lipinski definition) is 0. The summed E-state index contributed by atoms with van der Waals surface area (Å²) < 4.78 is 7.07. The molecule has 0 amide bonds. The van der Waals surface area contributed by atoms with Crippen LogP contribution in [0.1, 0.15) is 12.0 Å². The van der Waals surface area contributed by atoms with Gasteiger partial charge in [0.25, 0.3) is 0 Å². The van der Waals surface area contributed by atoms with E-state index in [9.17, 15) is 4.79 Å². The summed E-state index contributed by atoms with van der Waals surface area (Å²) in [6.45, 7) is 2.51. The van der Waals surface area contributed by atoms with Crippen LogP contribution >= 0.6 is 11.8 Å². The number of pyridine rings is 1. The molecule has 1 aliphatic heterocycles. The topological polar surface area (TPSA) is 69.9 Å². The fourth-order valence-corrected chi connectivity index (χ4v) is 3.79. The quantitative estimate of drug-likeness (QED) is 0.672. The van der Waals surface area contributed by atoms with Gasteiger partial charge in [0.05, 0.1) is 12.3 Å². The summed E-state index contributed by atoms with van der Waals surface area (Å²) in [6, 6.07) is 11.9. The predicted molar refractivity (Wildman–Crippen MR) is 94.5 cm³/mol. The third-order valence-electron chi connectivity index (χ3n) is 4.06. The van der Waals surface area contributed by atoms with Crippen LogP contribution in [0.2, 0.25) is 0 Å². The van der Waals surface area contributed by atoms with E-state index >= 15 is 0 Å². The number of cyclic esters (lactones) is 1. The highest BCUT2D eigenvalue weighted by Crippen LogP contribution is 2.33. The number of ether oxygens (including phenoxy) is 1. The van der Waals surface area contributed by atoms with E-state index in [-0.39, 0.29) is 11.2 Å². The van der Waals surface area contributed by atoms with Crippen LogP contribution in [0, 0.1) is 6.92 Å². The van der Waals surface area contributed by atoms with E-state index in [0.29, 0.717) is 18.2 Å². The Hall–Kier alpha value is -2.67. The van der Waals surface area contributed by atoms with Gasteiger partial charge in [-0.2, -0.15) is 0 Å². The molecule has 2 aromatic heterocycles. The van der Waals surface area contributed by atoms with Gasteiger partial charge in [0.1, 0.15) is 5.25 Å². The number of rotatable bonds is 4. The SMILES string of the molecule is Cc1ccccc1-n1c(S[C@H]2CCOC2=O)nnc1-c1ccncc1. The van der Waals surface area contributed by atoms with E-state index in [2.05, 4.69) is 15.2 Å². The lowest BCUT2D eigenvalue weighted by Crippen LogP contribution is -2.11. The fraction of sp³-hybridized carbons (Fsp3) is 0.222. The summed E-state index contributed by atoms with van der Waals surface area (Å²) in [4.78, 5) is 15.9. The lowest BCUT2D eigenvalue weighted by Gasteiger charge is -2.13. The number of thioether (sulfide) groups is 1. The molecule has 6 nitrogen and oxygen atoms in total. The van der Waals surface area contributed by atoms with Crippen LogP contribution < -0.4 is 0 Å². The Morgan fingerprint density at radius 1 is 1.16 bits per heavy atom. The van der Waals surface area contributed by atoms with E-state index in [1.54, 1.807) is 12.4 Å². The summed E-state index contributed by atoms with van der Waals surface area (Å²) in [5, 5.41) is 9.19. The Labute approximate surface area is 149 Å². The Kier molecular flexibility index (Phi) is 4.23. The average molecular weight is 352 g/mol. The molecule has 1 aliphatic rings.